The van der Waals surface area contributed by atoms with Crippen LogP contribution >= 0.6 is 11.6 Å². The topological polar surface area (TPSA) is 12.9 Å². The van der Waals surface area contributed by atoms with Gasteiger partial charge in [-0.15, -0.1) is 0 Å². The van der Waals surface area contributed by atoms with Gasteiger partial charge in [0.25, 0.3) is 0 Å². The van der Waals surface area contributed by atoms with Gasteiger partial charge in [0.1, 0.15) is 0 Å². The largest absolute Gasteiger partial charge is 0.256 e. The van der Waals surface area contributed by atoms with Crippen molar-refractivity contribution in [3.05, 3.63) is 89.1 Å². The third kappa shape index (κ3) is 3.39. The minimum absolute atomic E-state index is 0.751. The number of rotatable bonds is 3. The van der Waals surface area contributed by atoms with Crippen molar-refractivity contribution in [3.8, 4) is 11.3 Å². The molecule has 0 radical (unpaired) electrons. The molecule has 0 aliphatic carbocycles. The molecule has 1 nitrogen and oxygen atoms in total. The van der Waals surface area contributed by atoms with Gasteiger partial charge in [-0.25, -0.2) is 0 Å². The van der Waals surface area contributed by atoms with Gasteiger partial charge in [0.05, 0.1) is 5.69 Å². The summed E-state index contributed by atoms with van der Waals surface area (Å²) in [4.78, 5) is 4.42. The van der Waals surface area contributed by atoms with Gasteiger partial charge in [-0.3, -0.25) is 4.98 Å². The fraction of sp³-hybridized carbons (Fsp3) is 0. The molecule has 21 heavy (non-hydrogen) atoms. The molecule has 0 aliphatic heterocycles. The summed E-state index contributed by atoms with van der Waals surface area (Å²) < 4.78 is 0. The molecule has 0 spiro atoms. The predicted octanol–water partition coefficient (Wildman–Crippen LogP) is 5.57. The standard InChI is InChI=1S/C19H14ClN/c20-17-12-9-15(10-13-17)8-11-16-5-1-2-6-18(16)19-7-3-4-14-21-19/h1-14H/b11-8+. The van der Waals surface area contributed by atoms with E-state index in [0.29, 0.717) is 0 Å². The SMILES string of the molecule is Clc1ccc(/C=C/c2ccccc2-c2ccccn2)cc1. The first kappa shape index (κ1) is 13.6. The van der Waals surface area contributed by atoms with Crippen LogP contribution in [0.5, 0.6) is 0 Å². The number of aromatic nitrogens is 1. The molecule has 1 heterocycles. The maximum atomic E-state index is 5.90. The quantitative estimate of drug-likeness (QED) is 0.575. The summed E-state index contributed by atoms with van der Waals surface area (Å²) in [5, 5.41) is 0.751. The van der Waals surface area contributed by atoms with Crippen molar-refractivity contribution in [2.24, 2.45) is 0 Å². The van der Waals surface area contributed by atoms with Crippen LogP contribution in [0, 0.1) is 0 Å². The first-order valence-corrected chi connectivity index (χ1v) is 7.15. The Morgan fingerprint density at radius 1 is 0.762 bits per heavy atom. The Morgan fingerprint density at radius 3 is 2.29 bits per heavy atom. The van der Waals surface area contributed by atoms with E-state index in [0.717, 1.165) is 27.4 Å². The summed E-state index contributed by atoms with van der Waals surface area (Å²) in [5.41, 5.74) is 4.37. The number of hydrogen-bond acceptors (Lipinski definition) is 1. The second-order valence-corrected chi connectivity index (χ2v) is 5.12. The lowest BCUT2D eigenvalue weighted by Gasteiger charge is -2.05. The number of halogens is 1. The van der Waals surface area contributed by atoms with Crippen LogP contribution in [0.15, 0.2) is 72.9 Å². The maximum Gasteiger partial charge on any atom is 0.0707 e. The van der Waals surface area contributed by atoms with E-state index in [1.165, 1.54) is 0 Å². The van der Waals surface area contributed by atoms with Crippen LogP contribution in [0.4, 0.5) is 0 Å². The van der Waals surface area contributed by atoms with Gasteiger partial charge in [-0.2, -0.15) is 0 Å². The van der Waals surface area contributed by atoms with Crippen molar-refractivity contribution in [3.63, 3.8) is 0 Å². The molecule has 0 N–H and O–H groups in total. The molecule has 2 heteroatoms. The fourth-order valence-corrected chi connectivity index (χ4v) is 2.28. The normalized spacial score (nSPS) is 10.9. The van der Waals surface area contributed by atoms with Crippen molar-refractivity contribution < 1.29 is 0 Å². The molecule has 0 aliphatic rings. The lowest BCUT2D eigenvalue weighted by atomic mass is 10.0. The Morgan fingerprint density at radius 2 is 1.52 bits per heavy atom. The zero-order chi connectivity index (χ0) is 14.5. The summed E-state index contributed by atoms with van der Waals surface area (Å²) >= 11 is 5.90. The van der Waals surface area contributed by atoms with Crippen LogP contribution in [-0.4, -0.2) is 4.98 Å². The van der Waals surface area contributed by atoms with Crippen molar-refractivity contribution >= 4 is 23.8 Å². The van der Waals surface area contributed by atoms with Crippen LogP contribution < -0.4 is 0 Å². The average molecular weight is 292 g/mol. The van der Waals surface area contributed by atoms with Crippen LogP contribution in [-0.2, 0) is 0 Å². The Hall–Kier alpha value is -2.38. The first-order valence-electron chi connectivity index (χ1n) is 6.77. The van der Waals surface area contributed by atoms with Crippen molar-refractivity contribution in [1.82, 2.24) is 4.98 Å². The second-order valence-electron chi connectivity index (χ2n) is 4.69. The number of benzene rings is 2. The number of nitrogens with zero attached hydrogens (tertiary/aromatic N) is 1. The van der Waals surface area contributed by atoms with Gasteiger partial charge < -0.3 is 0 Å². The van der Waals surface area contributed by atoms with Crippen molar-refractivity contribution in [1.29, 1.82) is 0 Å². The molecule has 0 bridgehead atoms. The molecule has 3 rings (SSSR count). The highest BCUT2D eigenvalue weighted by molar-refractivity contribution is 6.30. The smallest absolute Gasteiger partial charge is 0.0707 e. The van der Waals surface area contributed by atoms with Gasteiger partial charge in [0, 0.05) is 16.8 Å². The predicted molar refractivity (Wildman–Crippen MR) is 90.1 cm³/mol. The molecule has 0 amide bonds. The zero-order valence-corrected chi connectivity index (χ0v) is 12.2. The molecular formula is C19H14ClN. The maximum absolute atomic E-state index is 5.90. The van der Waals surface area contributed by atoms with E-state index in [4.69, 9.17) is 11.6 Å². The fourth-order valence-electron chi connectivity index (χ4n) is 2.16. The third-order valence-corrected chi connectivity index (χ3v) is 3.48. The molecular weight excluding hydrogens is 278 g/mol. The van der Waals surface area contributed by atoms with E-state index in [9.17, 15) is 0 Å². The summed E-state index contributed by atoms with van der Waals surface area (Å²) in [6.45, 7) is 0. The van der Waals surface area contributed by atoms with E-state index in [-0.39, 0.29) is 0 Å². The molecule has 0 unspecified atom stereocenters. The zero-order valence-electron chi connectivity index (χ0n) is 11.4. The van der Waals surface area contributed by atoms with Gasteiger partial charge in [-0.1, -0.05) is 66.2 Å². The lowest BCUT2D eigenvalue weighted by Crippen LogP contribution is -1.85. The first-order chi connectivity index (χ1) is 10.3. The van der Waals surface area contributed by atoms with E-state index < -0.39 is 0 Å². The monoisotopic (exact) mass is 291 g/mol. The second kappa shape index (κ2) is 6.38. The van der Waals surface area contributed by atoms with Crippen LogP contribution in [0.25, 0.3) is 23.4 Å². The van der Waals surface area contributed by atoms with Crippen LogP contribution in [0.2, 0.25) is 5.02 Å². The molecule has 0 fully saturated rings. The minimum atomic E-state index is 0.751. The summed E-state index contributed by atoms with van der Waals surface area (Å²) in [7, 11) is 0. The molecule has 0 saturated carbocycles. The highest BCUT2D eigenvalue weighted by atomic mass is 35.5. The molecule has 102 valence electrons. The van der Waals surface area contributed by atoms with E-state index in [2.05, 4.69) is 29.3 Å². The summed E-state index contributed by atoms with van der Waals surface area (Å²) in [5.74, 6) is 0. The van der Waals surface area contributed by atoms with Crippen LogP contribution in [0.3, 0.4) is 0 Å². The van der Waals surface area contributed by atoms with Crippen molar-refractivity contribution in [2.75, 3.05) is 0 Å². The highest BCUT2D eigenvalue weighted by Gasteiger charge is 2.02. The van der Waals surface area contributed by atoms with Crippen LogP contribution in [0.1, 0.15) is 11.1 Å². The van der Waals surface area contributed by atoms with Crippen molar-refractivity contribution in [2.45, 2.75) is 0 Å². The van der Waals surface area contributed by atoms with Gasteiger partial charge in [0.15, 0.2) is 0 Å². The lowest BCUT2D eigenvalue weighted by molar-refractivity contribution is 1.32. The number of hydrogen-bond donors (Lipinski definition) is 0. The summed E-state index contributed by atoms with van der Waals surface area (Å²) in [6, 6.07) is 22.0. The Labute approximate surface area is 129 Å². The summed E-state index contributed by atoms with van der Waals surface area (Å²) in [6.07, 6.45) is 6.00. The molecule has 0 atom stereocenters. The minimum Gasteiger partial charge on any atom is -0.256 e. The Kier molecular flexibility index (Phi) is 4.13. The van der Waals surface area contributed by atoms with Gasteiger partial charge >= 0.3 is 0 Å². The molecule has 1 aromatic heterocycles. The van der Waals surface area contributed by atoms with Gasteiger partial charge in [0.2, 0.25) is 0 Å². The van der Waals surface area contributed by atoms with Gasteiger partial charge in [-0.05, 0) is 35.4 Å². The Balaban J connectivity index is 1.94. The molecule has 3 aromatic rings. The average Bonchev–Trinajstić information content (AvgIpc) is 2.55. The molecule has 2 aromatic carbocycles. The number of pyridine rings is 1. The Bertz CT molecular complexity index is 746. The highest BCUT2D eigenvalue weighted by Crippen LogP contribution is 2.23. The third-order valence-electron chi connectivity index (χ3n) is 3.23. The van der Waals surface area contributed by atoms with E-state index in [1.54, 1.807) is 0 Å². The van der Waals surface area contributed by atoms with E-state index >= 15 is 0 Å². The van der Waals surface area contributed by atoms with E-state index in [1.807, 2.05) is 60.8 Å². The molecule has 0 saturated heterocycles.